The van der Waals surface area contributed by atoms with Gasteiger partial charge < -0.3 is 14.3 Å². The van der Waals surface area contributed by atoms with Crippen molar-refractivity contribution < 1.29 is 14.2 Å². The fourth-order valence-electron chi connectivity index (χ4n) is 3.15. The van der Waals surface area contributed by atoms with Gasteiger partial charge in [0.05, 0.1) is 10.6 Å². The third-order valence-electron chi connectivity index (χ3n) is 4.62. The Morgan fingerprint density at radius 3 is 2.35 bits per heavy atom. The van der Waals surface area contributed by atoms with Crippen LogP contribution >= 0.6 is 0 Å². The lowest BCUT2D eigenvalue weighted by Gasteiger charge is -2.36. The lowest BCUT2D eigenvalue weighted by atomic mass is 10.0. The van der Waals surface area contributed by atoms with Crippen molar-refractivity contribution in [2.24, 2.45) is 0 Å². The molecule has 0 N–H and O–H groups in total. The summed E-state index contributed by atoms with van der Waals surface area (Å²) in [6.07, 6.45) is 0. The van der Waals surface area contributed by atoms with Crippen molar-refractivity contribution in [2.75, 3.05) is 31.1 Å². The SMILES string of the molecule is Cc1noc(C(C)C)c1C(=O)N1CCN(c2ccc([N+](=O)[O-])cc2)CC1. The molecule has 0 bridgehead atoms. The van der Waals surface area contributed by atoms with Crippen molar-refractivity contribution in [3.8, 4) is 0 Å². The molecule has 8 heteroatoms. The molecule has 1 aromatic heterocycles. The molecule has 0 atom stereocenters. The first kappa shape index (κ1) is 17.9. The van der Waals surface area contributed by atoms with Gasteiger partial charge in [0.25, 0.3) is 11.6 Å². The standard InChI is InChI=1S/C18H22N4O4/c1-12(2)17-16(13(3)19-26-17)18(23)21-10-8-20(9-11-21)14-4-6-15(7-5-14)22(24)25/h4-7,12H,8-11H2,1-3H3. The molecule has 3 rings (SSSR count). The summed E-state index contributed by atoms with van der Waals surface area (Å²) < 4.78 is 5.33. The number of aromatic nitrogens is 1. The highest BCUT2D eigenvalue weighted by Gasteiger charge is 2.29. The molecule has 138 valence electrons. The Bertz CT molecular complexity index is 805. The third-order valence-corrected chi connectivity index (χ3v) is 4.62. The number of carbonyl (C=O) groups excluding carboxylic acids is 1. The molecule has 26 heavy (non-hydrogen) atoms. The van der Waals surface area contributed by atoms with Gasteiger partial charge in [-0.2, -0.15) is 0 Å². The molecule has 1 aliphatic rings. The molecule has 0 unspecified atom stereocenters. The molecule has 1 aromatic carbocycles. The summed E-state index contributed by atoms with van der Waals surface area (Å²) >= 11 is 0. The molecule has 0 radical (unpaired) electrons. The largest absolute Gasteiger partial charge is 0.368 e. The van der Waals surface area contributed by atoms with Gasteiger partial charge >= 0.3 is 0 Å². The van der Waals surface area contributed by atoms with Crippen LogP contribution in [0.25, 0.3) is 0 Å². The second kappa shape index (κ2) is 7.15. The number of amides is 1. The van der Waals surface area contributed by atoms with Crippen molar-refractivity contribution in [3.05, 3.63) is 51.4 Å². The molecule has 2 heterocycles. The zero-order valence-corrected chi connectivity index (χ0v) is 15.1. The predicted molar refractivity (Wildman–Crippen MR) is 96.5 cm³/mol. The maximum Gasteiger partial charge on any atom is 0.269 e. The molecule has 1 fully saturated rings. The van der Waals surface area contributed by atoms with Gasteiger partial charge in [0.2, 0.25) is 0 Å². The first-order chi connectivity index (χ1) is 12.4. The van der Waals surface area contributed by atoms with Crippen molar-refractivity contribution in [1.82, 2.24) is 10.1 Å². The van der Waals surface area contributed by atoms with E-state index in [9.17, 15) is 14.9 Å². The van der Waals surface area contributed by atoms with Crippen molar-refractivity contribution in [1.29, 1.82) is 0 Å². The monoisotopic (exact) mass is 358 g/mol. The normalized spacial score (nSPS) is 14.8. The van der Waals surface area contributed by atoms with E-state index >= 15 is 0 Å². The topological polar surface area (TPSA) is 92.7 Å². The fourth-order valence-corrected chi connectivity index (χ4v) is 3.15. The fraction of sp³-hybridized carbons (Fsp3) is 0.444. The highest BCUT2D eigenvalue weighted by Crippen LogP contribution is 2.25. The van der Waals surface area contributed by atoms with E-state index in [0.717, 1.165) is 5.69 Å². The number of nitrogens with zero attached hydrogens (tertiary/aromatic N) is 4. The molecule has 1 saturated heterocycles. The highest BCUT2D eigenvalue weighted by molar-refractivity contribution is 5.96. The van der Waals surface area contributed by atoms with Gasteiger partial charge in [0.15, 0.2) is 5.76 Å². The van der Waals surface area contributed by atoms with E-state index in [-0.39, 0.29) is 17.5 Å². The number of non-ortho nitro benzene ring substituents is 1. The first-order valence-electron chi connectivity index (χ1n) is 8.63. The lowest BCUT2D eigenvalue weighted by Crippen LogP contribution is -2.49. The zero-order valence-electron chi connectivity index (χ0n) is 15.1. The molecule has 0 aliphatic carbocycles. The summed E-state index contributed by atoms with van der Waals surface area (Å²) in [5.41, 5.74) is 2.19. The van der Waals surface area contributed by atoms with Gasteiger partial charge in [-0.3, -0.25) is 14.9 Å². The van der Waals surface area contributed by atoms with E-state index in [1.54, 1.807) is 19.1 Å². The van der Waals surface area contributed by atoms with Crippen LogP contribution < -0.4 is 4.90 Å². The molecule has 0 spiro atoms. The Labute approximate surface area is 151 Å². The smallest absolute Gasteiger partial charge is 0.269 e. The van der Waals surface area contributed by atoms with Crippen LogP contribution in [0.5, 0.6) is 0 Å². The van der Waals surface area contributed by atoms with Crippen LogP contribution in [-0.2, 0) is 0 Å². The number of anilines is 1. The zero-order chi connectivity index (χ0) is 18.8. The minimum atomic E-state index is -0.409. The van der Waals surface area contributed by atoms with E-state index in [2.05, 4.69) is 10.1 Å². The molecule has 1 amide bonds. The minimum Gasteiger partial charge on any atom is -0.368 e. The van der Waals surface area contributed by atoms with Gasteiger partial charge in [-0.25, -0.2) is 0 Å². The second-order valence-corrected chi connectivity index (χ2v) is 6.71. The quantitative estimate of drug-likeness (QED) is 0.616. The number of hydrogen-bond acceptors (Lipinski definition) is 6. The van der Waals surface area contributed by atoms with Crippen LogP contribution in [0.4, 0.5) is 11.4 Å². The number of carbonyl (C=O) groups is 1. The van der Waals surface area contributed by atoms with Crippen molar-refractivity contribution in [2.45, 2.75) is 26.7 Å². The molecule has 1 aliphatic heterocycles. The molecule has 2 aromatic rings. The summed E-state index contributed by atoms with van der Waals surface area (Å²) in [6, 6.07) is 6.50. The lowest BCUT2D eigenvalue weighted by molar-refractivity contribution is -0.384. The Kier molecular flexibility index (Phi) is 4.92. The highest BCUT2D eigenvalue weighted by atomic mass is 16.6. The Hall–Kier alpha value is -2.90. The second-order valence-electron chi connectivity index (χ2n) is 6.71. The minimum absolute atomic E-state index is 0.0456. The van der Waals surface area contributed by atoms with Crippen LogP contribution in [0.1, 0.15) is 41.6 Å². The Morgan fingerprint density at radius 2 is 1.81 bits per heavy atom. The molecular weight excluding hydrogens is 336 g/mol. The molecule has 8 nitrogen and oxygen atoms in total. The number of aryl methyl sites for hydroxylation is 1. The first-order valence-corrected chi connectivity index (χ1v) is 8.63. The van der Waals surface area contributed by atoms with E-state index in [1.807, 2.05) is 18.7 Å². The van der Waals surface area contributed by atoms with E-state index in [1.165, 1.54) is 12.1 Å². The average Bonchev–Trinajstić information content (AvgIpc) is 3.03. The van der Waals surface area contributed by atoms with E-state index < -0.39 is 4.92 Å². The van der Waals surface area contributed by atoms with Crippen LogP contribution in [0, 0.1) is 17.0 Å². The average molecular weight is 358 g/mol. The van der Waals surface area contributed by atoms with Gasteiger partial charge in [0, 0.05) is 49.9 Å². The number of hydrogen-bond donors (Lipinski definition) is 0. The molecule has 0 saturated carbocycles. The summed E-state index contributed by atoms with van der Waals surface area (Å²) in [6.45, 7) is 8.24. The van der Waals surface area contributed by atoms with Gasteiger partial charge in [-0.05, 0) is 19.1 Å². The van der Waals surface area contributed by atoms with Crippen molar-refractivity contribution in [3.63, 3.8) is 0 Å². The Balaban J connectivity index is 1.68. The molecular formula is C18H22N4O4. The van der Waals surface area contributed by atoms with E-state index in [0.29, 0.717) is 43.2 Å². The number of benzene rings is 1. The van der Waals surface area contributed by atoms with Crippen LogP contribution in [0.15, 0.2) is 28.8 Å². The van der Waals surface area contributed by atoms with Crippen molar-refractivity contribution >= 4 is 17.3 Å². The van der Waals surface area contributed by atoms with Crippen LogP contribution in [-0.4, -0.2) is 47.1 Å². The van der Waals surface area contributed by atoms with Gasteiger partial charge in [0.1, 0.15) is 5.56 Å². The maximum atomic E-state index is 12.9. The summed E-state index contributed by atoms with van der Waals surface area (Å²) in [5.74, 6) is 0.678. The number of piperazine rings is 1. The van der Waals surface area contributed by atoms with Crippen LogP contribution in [0.2, 0.25) is 0 Å². The maximum absolute atomic E-state index is 12.9. The Morgan fingerprint density at radius 1 is 1.19 bits per heavy atom. The summed E-state index contributed by atoms with van der Waals surface area (Å²) in [5, 5.41) is 14.7. The summed E-state index contributed by atoms with van der Waals surface area (Å²) in [7, 11) is 0. The summed E-state index contributed by atoms with van der Waals surface area (Å²) in [4.78, 5) is 27.2. The predicted octanol–water partition coefficient (Wildman–Crippen LogP) is 2.98. The van der Waals surface area contributed by atoms with Crippen LogP contribution in [0.3, 0.4) is 0 Å². The number of nitro groups is 1. The van der Waals surface area contributed by atoms with Gasteiger partial charge in [-0.15, -0.1) is 0 Å². The number of rotatable bonds is 4. The van der Waals surface area contributed by atoms with Gasteiger partial charge in [-0.1, -0.05) is 19.0 Å². The number of nitro benzene ring substituents is 1. The van der Waals surface area contributed by atoms with E-state index in [4.69, 9.17) is 4.52 Å². The third kappa shape index (κ3) is 3.40.